The van der Waals surface area contributed by atoms with E-state index in [1.807, 2.05) is 0 Å². The number of hydrogen-bond acceptors (Lipinski definition) is 5. The first-order valence-electron chi connectivity index (χ1n) is 6.03. The maximum atomic E-state index is 12.0. The molecule has 0 N–H and O–H groups in total. The number of ketones is 1. The highest BCUT2D eigenvalue weighted by Crippen LogP contribution is 2.25. The molecule has 0 amide bonds. The Balaban J connectivity index is 2.73. The van der Waals surface area contributed by atoms with Crippen LogP contribution in [0.1, 0.15) is 30.1 Å². The van der Waals surface area contributed by atoms with Crippen LogP contribution in [0.15, 0.2) is 18.2 Å². The maximum absolute atomic E-state index is 12.0. The lowest BCUT2D eigenvalue weighted by Gasteiger charge is -2.09. The standard InChI is InChI=1S/C14H18O5/c1-4-19-14(16)8-7-12(15)11-6-5-10(17-2)9-13(11)18-3/h5-6,9H,4,7-8H2,1-3H3. The summed E-state index contributed by atoms with van der Waals surface area (Å²) in [7, 11) is 3.02. The van der Waals surface area contributed by atoms with Gasteiger partial charge in [0.1, 0.15) is 11.5 Å². The lowest BCUT2D eigenvalue weighted by molar-refractivity contribution is -0.143. The summed E-state index contributed by atoms with van der Waals surface area (Å²) in [6, 6.07) is 4.95. The molecule has 0 bridgehead atoms. The van der Waals surface area contributed by atoms with E-state index in [0.717, 1.165) is 0 Å². The molecule has 5 nitrogen and oxygen atoms in total. The van der Waals surface area contributed by atoms with Crippen LogP contribution in [0.3, 0.4) is 0 Å². The molecule has 1 aromatic carbocycles. The van der Waals surface area contributed by atoms with Crippen molar-refractivity contribution in [2.45, 2.75) is 19.8 Å². The van der Waals surface area contributed by atoms with Crippen molar-refractivity contribution in [3.8, 4) is 11.5 Å². The lowest BCUT2D eigenvalue weighted by Crippen LogP contribution is -2.09. The van der Waals surface area contributed by atoms with Gasteiger partial charge in [-0.05, 0) is 19.1 Å². The van der Waals surface area contributed by atoms with Crippen LogP contribution in [-0.4, -0.2) is 32.6 Å². The van der Waals surface area contributed by atoms with Gasteiger partial charge in [-0.2, -0.15) is 0 Å². The number of rotatable bonds is 7. The van der Waals surface area contributed by atoms with E-state index in [9.17, 15) is 9.59 Å². The quantitative estimate of drug-likeness (QED) is 0.559. The lowest BCUT2D eigenvalue weighted by atomic mass is 10.1. The van der Waals surface area contributed by atoms with Crippen molar-refractivity contribution in [2.24, 2.45) is 0 Å². The second kappa shape index (κ2) is 7.41. The molecule has 5 heteroatoms. The first-order chi connectivity index (χ1) is 9.12. The summed E-state index contributed by atoms with van der Waals surface area (Å²) in [6.45, 7) is 2.05. The molecule has 0 spiro atoms. The number of Topliss-reactive ketones (excluding diaryl/α,β-unsaturated/α-hetero) is 1. The fraction of sp³-hybridized carbons (Fsp3) is 0.429. The highest BCUT2D eigenvalue weighted by atomic mass is 16.5. The van der Waals surface area contributed by atoms with Crippen LogP contribution in [0.2, 0.25) is 0 Å². The van der Waals surface area contributed by atoms with Crippen molar-refractivity contribution >= 4 is 11.8 Å². The summed E-state index contributed by atoms with van der Waals surface area (Å²) in [5.41, 5.74) is 0.438. The first-order valence-corrected chi connectivity index (χ1v) is 6.03. The van der Waals surface area contributed by atoms with Crippen LogP contribution in [0.5, 0.6) is 11.5 Å². The molecule has 0 atom stereocenters. The van der Waals surface area contributed by atoms with Crippen molar-refractivity contribution in [1.29, 1.82) is 0 Å². The van der Waals surface area contributed by atoms with Crippen LogP contribution in [0.25, 0.3) is 0 Å². The Morgan fingerprint density at radius 1 is 1.11 bits per heavy atom. The van der Waals surface area contributed by atoms with Gasteiger partial charge in [0.05, 0.1) is 32.8 Å². The Morgan fingerprint density at radius 2 is 1.84 bits per heavy atom. The zero-order chi connectivity index (χ0) is 14.3. The Labute approximate surface area is 112 Å². The molecule has 0 unspecified atom stereocenters. The SMILES string of the molecule is CCOC(=O)CCC(=O)c1ccc(OC)cc1OC. The molecule has 104 valence electrons. The molecule has 1 rings (SSSR count). The Kier molecular flexibility index (Phi) is 5.85. The predicted molar refractivity (Wildman–Crippen MR) is 69.7 cm³/mol. The second-order valence-electron chi connectivity index (χ2n) is 3.79. The molecule has 0 radical (unpaired) electrons. The third kappa shape index (κ3) is 4.28. The molecular weight excluding hydrogens is 248 g/mol. The van der Waals surface area contributed by atoms with E-state index < -0.39 is 0 Å². The topological polar surface area (TPSA) is 61.8 Å². The van der Waals surface area contributed by atoms with Crippen molar-refractivity contribution in [3.05, 3.63) is 23.8 Å². The summed E-state index contributed by atoms with van der Waals surface area (Å²) in [5.74, 6) is 0.517. The number of carbonyl (C=O) groups is 2. The van der Waals surface area contributed by atoms with Crippen molar-refractivity contribution in [3.63, 3.8) is 0 Å². The van der Waals surface area contributed by atoms with E-state index in [4.69, 9.17) is 14.2 Å². The van der Waals surface area contributed by atoms with E-state index in [2.05, 4.69) is 0 Å². The molecule has 0 saturated carbocycles. The van der Waals surface area contributed by atoms with Gasteiger partial charge in [-0.1, -0.05) is 0 Å². The van der Waals surface area contributed by atoms with Gasteiger partial charge < -0.3 is 14.2 Å². The van der Waals surface area contributed by atoms with Crippen LogP contribution in [0.4, 0.5) is 0 Å². The fourth-order valence-corrected chi connectivity index (χ4v) is 1.61. The zero-order valence-corrected chi connectivity index (χ0v) is 11.4. The van der Waals surface area contributed by atoms with Crippen LogP contribution in [-0.2, 0) is 9.53 Å². The molecule has 0 aliphatic heterocycles. The monoisotopic (exact) mass is 266 g/mol. The minimum atomic E-state index is -0.372. The number of ether oxygens (including phenoxy) is 3. The van der Waals surface area contributed by atoms with Gasteiger partial charge in [-0.3, -0.25) is 9.59 Å². The van der Waals surface area contributed by atoms with Crippen molar-refractivity contribution in [1.82, 2.24) is 0 Å². The average molecular weight is 266 g/mol. The van der Waals surface area contributed by atoms with Crippen LogP contribution >= 0.6 is 0 Å². The molecular formula is C14H18O5. The van der Waals surface area contributed by atoms with Gasteiger partial charge >= 0.3 is 5.97 Å². The minimum Gasteiger partial charge on any atom is -0.497 e. The van der Waals surface area contributed by atoms with Gasteiger partial charge in [-0.25, -0.2) is 0 Å². The van der Waals surface area contributed by atoms with E-state index in [-0.39, 0.29) is 24.6 Å². The molecule has 0 fully saturated rings. The van der Waals surface area contributed by atoms with Gasteiger partial charge in [-0.15, -0.1) is 0 Å². The number of carbonyl (C=O) groups excluding carboxylic acids is 2. The summed E-state index contributed by atoms with van der Waals surface area (Å²) in [4.78, 5) is 23.2. The smallest absolute Gasteiger partial charge is 0.306 e. The molecule has 19 heavy (non-hydrogen) atoms. The van der Waals surface area contributed by atoms with E-state index in [1.54, 1.807) is 25.1 Å². The molecule has 0 heterocycles. The summed E-state index contributed by atoms with van der Waals surface area (Å²) >= 11 is 0. The van der Waals surface area contributed by atoms with E-state index in [0.29, 0.717) is 23.7 Å². The summed E-state index contributed by atoms with van der Waals surface area (Å²) < 4.78 is 15.0. The molecule has 0 aromatic heterocycles. The molecule has 1 aromatic rings. The Hall–Kier alpha value is -2.04. The largest absolute Gasteiger partial charge is 0.497 e. The van der Waals surface area contributed by atoms with Gasteiger partial charge in [0.25, 0.3) is 0 Å². The third-order valence-corrected chi connectivity index (χ3v) is 2.57. The molecule has 0 aliphatic carbocycles. The highest BCUT2D eigenvalue weighted by molar-refractivity contribution is 6.00. The van der Waals surface area contributed by atoms with Gasteiger partial charge in [0, 0.05) is 12.5 Å². The van der Waals surface area contributed by atoms with E-state index >= 15 is 0 Å². The predicted octanol–water partition coefficient (Wildman–Crippen LogP) is 2.23. The number of esters is 1. The zero-order valence-electron chi connectivity index (χ0n) is 11.4. The highest BCUT2D eigenvalue weighted by Gasteiger charge is 2.15. The number of benzene rings is 1. The second-order valence-corrected chi connectivity index (χ2v) is 3.79. The molecule has 0 aliphatic rings. The third-order valence-electron chi connectivity index (χ3n) is 2.57. The minimum absolute atomic E-state index is 0.0713. The number of methoxy groups -OCH3 is 2. The summed E-state index contributed by atoms with van der Waals surface area (Å²) in [6.07, 6.45) is 0.170. The molecule has 0 saturated heterocycles. The van der Waals surface area contributed by atoms with Crippen LogP contribution in [0, 0.1) is 0 Å². The normalized spacial score (nSPS) is 9.84. The Bertz CT molecular complexity index is 453. The number of hydrogen-bond donors (Lipinski definition) is 0. The first kappa shape index (κ1) is 15.0. The van der Waals surface area contributed by atoms with Crippen LogP contribution < -0.4 is 9.47 Å². The summed E-state index contributed by atoms with van der Waals surface area (Å²) in [5, 5.41) is 0. The van der Waals surface area contributed by atoms with Crippen molar-refractivity contribution < 1.29 is 23.8 Å². The average Bonchev–Trinajstić information content (AvgIpc) is 2.44. The van der Waals surface area contributed by atoms with Gasteiger partial charge in [0.2, 0.25) is 0 Å². The maximum Gasteiger partial charge on any atom is 0.306 e. The Morgan fingerprint density at radius 3 is 2.42 bits per heavy atom. The van der Waals surface area contributed by atoms with Crippen molar-refractivity contribution in [2.75, 3.05) is 20.8 Å². The van der Waals surface area contributed by atoms with Gasteiger partial charge in [0.15, 0.2) is 5.78 Å². The fourth-order valence-electron chi connectivity index (χ4n) is 1.61. The van der Waals surface area contributed by atoms with E-state index in [1.165, 1.54) is 14.2 Å².